The van der Waals surface area contributed by atoms with Crippen LogP contribution in [0.4, 0.5) is 0 Å². The van der Waals surface area contributed by atoms with Crippen molar-refractivity contribution in [1.29, 1.82) is 0 Å². The highest BCUT2D eigenvalue weighted by atomic mass is 16.5. The smallest absolute Gasteiger partial charge is 0.355 e. The summed E-state index contributed by atoms with van der Waals surface area (Å²) in [5.41, 5.74) is 2.20. The summed E-state index contributed by atoms with van der Waals surface area (Å²) in [6.45, 7) is 7.39. The lowest BCUT2D eigenvalue weighted by Gasteiger charge is -2.21. The summed E-state index contributed by atoms with van der Waals surface area (Å²) in [5, 5.41) is 0. The lowest BCUT2D eigenvalue weighted by molar-refractivity contribution is -0.135. The van der Waals surface area contributed by atoms with Gasteiger partial charge in [0.1, 0.15) is 5.69 Å². The number of aryl methyl sites for hydroxylation is 1. The van der Waals surface area contributed by atoms with Crippen LogP contribution in [0.3, 0.4) is 0 Å². The van der Waals surface area contributed by atoms with Crippen molar-refractivity contribution < 1.29 is 33.3 Å². The SMILES string of the molecule is CCOC(=O)c1c(C)[nH]c(C(=O)OCC(=O)N(CC)Cc2ccc(OC)c(OC)c2)c1C. The van der Waals surface area contributed by atoms with Crippen LogP contribution in [0.2, 0.25) is 0 Å². The zero-order valence-corrected chi connectivity index (χ0v) is 19.4. The van der Waals surface area contributed by atoms with Crippen LogP contribution in [0.5, 0.6) is 11.5 Å². The first-order chi connectivity index (χ1) is 15.3. The quantitative estimate of drug-likeness (QED) is 0.559. The average Bonchev–Trinajstić information content (AvgIpc) is 3.09. The number of nitrogens with one attached hydrogen (secondary N) is 1. The Kier molecular flexibility index (Phi) is 8.69. The van der Waals surface area contributed by atoms with E-state index >= 15 is 0 Å². The largest absolute Gasteiger partial charge is 0.493 e. The van der Waals surface area contributed by atoms with Gasteiger partial charge in [0.2, 0.25) is 0 Å². The van der Waals surface area contributed by atoms with E-state index in [0.29, 0.717) is 41.4 Å². The van der Waals surface area contributed by atoms with Crippen molar-refractivity contribution in [2.45, 2.75) is 34.2 Å². The number of ether oxygens (including phenoxy) is 4. The molecule has 0 aliphatic heterocycles. The molecule has 0 spiro atoms. The Balaban J connectivity index is 2.05. The first kappa shape index (κ1) is 24.8. The van der Waals surface area contributed by atoms with Gasteiger partial charge in [-0.2, -0.15) is 0 Å². The molecule has 174 valence electrons. The van der Waals surface area contributed by atoms with Gasteiger partial charge in [-0.05, 0) is 51.0 Å². The summed E-state index contributed by atoms with van der Waals surface area (Å²) in [7, 11) is 3.10. The van der Waals surface area contributed by atoms with Crippen molar-refractivity contribution in [1.82, 2.24) is 9.88 Å². The number of aromatic nitrogens is 1. The molecule has 1 amide bonds. The van der Waals surface area contributed by atoms with Crippen molar-refractivity contribution in [3.63, 3.8) is 0 Å². The Labute approximate surface area is 187 Å². The third-order valence-corrected chi connectivity index (χ3v) is 5.00. The van der Waals surface area contributed by atoms with E-state index in [0.717, 1.165) is 5.56 Å². The molecule has 9 nitrogen and oxygen atoms in total. The molecule has 2 aromatic rings. The molecule has 1 aromatic heterocycles. The third kappa shape index (κ3) is 5.60. The minimum atomic E-state index is -0.711. The molecule has 0 saturated carbocycles. The molecule has 0 bridgehead atoms. The van der Waals surface area contributed by atoms with Gasteiger partial charge in [-0.3, -0.25) is 4.79 Å². The van der Waals surface area contributed by atoms with Crippen LogP contribution >= 0.6 is 0 Å². The molecule has 1 aromatic carbocycles. The third-order valence-electron chi connectivity index (χ3n) is 5.00. The summed E-state index contributed by atoms with van der Waals surface area (Å²) < 4.78 is 20.8. The first-order valence-corrected chi connectivity index (χ1v) is 10.3. The Morgan fingerprint density at radius 3 is 2.25 bits per heavy atom. The van der Waals surface area contributed by atoms with Gasteiger partial charge in [0.25, 0.3) is 5.91 Å². The minimum absolute atomic E-state index is 0.126. The van der Waals surface area contributed by atoms with E-state index in [-0.39, 0.29) is 18.2 Å². The van der Waals surface area contributed by atoms with Crippen molar-refractivity contribution in [3.8, 4) is 11.5 Å². The average molecular weight is 447 g/mol. The zero-order valence-electron chi connectivity index (χ0n) is 19.4. The number of hydrogen-bond donors (Lipinski definition) is 1. The van der Waals surface area contributed by atoms with Crippen LogP contribution in [0.15, 0.2) is 18.2 Å². The van der Waals surface area contributed by atoms with E-state index in [4.69, 9.17) is 18.9 Å². The van der Waals surface area contributed by atoms with Crippen LogP contribution in [-0.2, 0) is 20.8 Å². The van der Waals surface area contributed by atoms with E-state index in [9.17, 15) is 14.4 Å². The second kappa shape index (κ2) is 11.2. The Hall–Kier alpha value is -3.49. The van der Waals surface area contributed by atoms with Gasteiger partial charge in [-0.25, -0.2) is 9.59 Å². The summed E-state index contributed by atoms with van der Waals surface area (Å²) in [4.78, 5) is 41.7. The molecular formula is C23H30N2O7. The van der Waals surface area contributed by atoms with Crippen molar-refractivity contribution in [3.05, 3.63) is 46.3 Å². The lowest BCUT2D eigenvalue weighted by atomic mass is 10.1. The Morgan fingerprint density at radius 2 is 1.66 bits per heavy atom. The second-order valence-corrected chi connectivity index (χ2v) is 7.02. The number of rotatable bonds is 10. The molecule has 9 heteroatoms. The van der Waals surface area contributed by atoms with Gasteiger partial charge < -0.3 is 28.8 Å². The molecule has 0 unspecified atom stereocenters. The fraction of sp³-hybridized carbons (Fsp3) is 0.435. The predicted molar refractivity (Wildman–Crippen MR) is 117 cm³/mol. The number of H-pyrrole nitrogens is 1. The number of aromatic amines is 1. The number of hydrogen-bond acceptors (Lipinski definition) is 7. The Bertz CT molecular complexity index is 981. The van der Waals surface area contributed by atoms with Crippen molar-refractivity contribution >= 4 is 17.8 Å². The Morgan fingerprint density at radius 1 is 0.969 bits per heavy atom. The van der Waals surface area contributed by atoms with Gasteiger partial charge in [0, 0.05) is 18.8 Å². The van der Waals surface area contributed by atoms with Crippen LogP contribution in [-0.4, -0.2) is 61.7 Å². The number of carbonyl (C=O) groups excluding carboxylic acids is 3. The summed E-state index contributed by atoms with van der Waals surface area (Å²) >= 11 is 0. The topological polar surface area (TPSA) is 107 Å². The predicted octanol–water partition coefficient (Wildman–Crippen LogP) is 3.03. The van der Waals surface area contributed by atoms with Crippen LogP contribution in [0, 0.1) is 13.8 Å². The fourth-order valence-corrected chi connectivity index (χ4v) is 3.33. The van der Waals surface area contributed by atoms with Crippen molar-refractivity contribution in [2.75, 3.05) is 34.0 Å². The number of carbonyl (C=O) groups is 3. The highest BCUT2D eigenvalue weighted by molar-refractivity contribution is 5.99. The van der Waals surface area contributed by atoms with Gasteiger partial charge in [-0.1, -0.05) is 6.07 Å². The summed E-state index contributed by atoms with van der Waals surface area (Å²) in [6, 6.07) is 5.40. The normalized spacial score (nSPS) is 10.4. The summed E-state index contributed by atoms with van der Waals surface area (Å²) in [6.07, 6.45) is 0. The molecule has 0 fully saturated rings. The maximum absolute atomic E-state index is 12.7. The monoisotopic (exact) mass is 446 g/mol. The molecule has 0 aliphatic rings. The molecule has 0 radical (unpaired) electrons. The molecule has 1 N–H and O–H groups in total. The van der Waals surface area contributed by atoms with Crippen LogP contribution in [0.25, 0.3) is 0 Å². The highest BCUT2D eigenvalue weighted by Crippen LogP contribution is 2.28. The number of methoxy groups -OCH3 is 2. The number of esters is 2. The van der Waals surface area contributed by atoms with Gasteiger partial charge in [0.15, 0.2) is 18.1 Å². The van der Waals surface area contributed by atoms with Crippen molar-refractivity contribution in [2.24, 2.45) is 0 Å². The van der Waals surface area contributed by atoms with Gasteiger partial charge in [-0.15, -0.1) is 0 Å². The molecular weight excluding hydrogens is 416 g/mol. The molecule has 0 saturated heterocycles. The molecule has 0 atom stereocenters. The van der Waals surface area contributed by atoms with Gasteiger partial charge >= 0.3 is 11.9 Å². The summed E-state index contributed by atoms with van der Waals surface area (Å²) in [5.74, 6) is -0.409. The van der Waals surface area contributed by atoms with Crippen LogP contribution < -0.4 is 9.47 Å². The number of nitrogens with zero attached hydrogens (tertiary/aromatic N) is 1. The van der Waals surface area contributed by atoms with Gasteiger partial charge in [0.05, 0.1) is 26.4 Å². The molecule has 32 heavy (non-hydrogen) atoms. The fourth-order valence-electron chi connectivity index (χ4n) is 3.33. The van der Waals surface area contributed by atoms with E-state index in [1.165, 1.54) is 0 Å². The molecule has 0 aliphatic carbocycles. The number of amides is 1. The zero-order chi connectivity index (χ0) is 23.8. The van der Waals surface area contributed by atoms with E-state index < -0.39 is 18.5 Å². The van der Waals surface area contributed by atoms with Crippen LogP contribution in [0.1, 0.15) is 51.5 Å². The standard InChI is InChI=1S/C23H30N2O7/c1-7-25(12-16-9-10-17(29-5)18(11-16)30-6)19(26)13-32-23(28)21-14(3)20(15(4)24-21)22(27)31-8-2/h9-11,24H,7-8,12-13H2,1-6H3. The highest BCUT2D eigenvalue weighted by Gasteiger charge is 2.25. The molecule has 1 heterocycles. The number of benzene rings is 1. The number of likely N-dealkylation sites (N-methyl/N-ethyl adjacent to an activating group) is 1. The molecule has 2 rings (SSSR count). The lowest BCUT2D eigenvalue weighted by Crippen LogP contribution is -2.34. The minimum Gasteiger partial charge on any atom is -0.493 e. The maximum atomic E-state index is 12.7. The maximum Gasteiger partial charge on any atom is 0.355 e. The first-order valence-electron chi connectivity index (χ1n) is 10.3. The second-order valence-electron chi connectivity index (χ2n) is 7.02. The van der Waals surface area contributed by atoms with E-state index in [1.807, 2.05) is 13.0 Å². The van der Waals surface area contributed by atoms with E-state index in [1.54, 1.807) is 52.0 Å². The van der Waals surface area contributed by atoms with E-state index in [2.05, 4.69) is 4.98 Å².